The largest absolute Gasteiger partial charge is 0.466 e. The van der Waals surface area contributed by atoms with Gasteiger partial charge in [-0.25, -0.2) is 0 Å². The van der Waals surface area contributed by atoms with Crippen molar-refractivity contribution < 1.29 is 19.4 Å². The molecule has 4 heteroatoms. The van der Waals surface area contributed by atoms with Gasteiger partial charge in [0.2, 0.25) is 0 Å². The van der Waals surface area contributed by atoms with Gasteiger partial charge in [-0.2, -0.15) is 0 Å². The zero-order chi connectivity index (χ0) is 14.6. The molecule has 19 heavy (non-hydrogen) atoms. The molecule has 0 aromatic carbocycles. The molecule has 0 aromatic heterocycles. The number of hydrogen-bond donors (Lipinski definition) is 1. The SMILES string of the molecule is CC(C)(O)CCCCCCOC(=O)CCCCC=O. The fraction of sp³-hybridized carbons (Fsp3) is 0.867. The zero-order valence-corrected chi connectivity index (χ0v) is 12.3. The maximum absolute atomic E-state index is 11.3. The van der Waals surface area contributed by atoms with Crippen LogP contribution in [-0.4, -0.2) is 29.6 Å². The molecule has 0 fully saturated rings. The van der Waals surface area contributed by atoms with Gasteiger partial charge in [0, 0.05) is 12.8 Å². The quantitative estimate of drug-likeness (QED) is 0.337. The van der Waals surface area contributed by atoms with Gasteiger partial charge in [-0.15, -0.1) is 0 Å². The number of aldehydes is 1. The summed E-state index contributed by atoms with van der Waals surface area (Å²) < 4.78 is 5.09. The second kappa shape index (κ2) is 11.0. The van der Waals surface area contributed by atoms with Crippen molar-refractivity contribution in [1.29, 1.82) is 0 Å². The van der Waals surface area contributed by atoms with E-state index in [1.807, 2.05) is 13.8 Å². The average molecular weight is 272 g/mol. The van der Waals surface area contributed by atoms with Crippen molar-refractivity contribution in [2.75, 3.05) is 6.61 Å². The molecule has 0 aliphatic heterocycles. The number of ether oxygens (including phenoxy) is 1. The Morgan fingerprint density at radius 3 is 2.42 bits per heavy atom. The van der Waals surface area contributed by atoms with Gasteiger partial charge in [-0.3, -0.25) is 4.79 Å². The zero-order valence-electron chi connectivity index (χ0n) is 12.3. The van der Waals surface area contributed by atoms with Crippen molar-refractivity contribution in [3.8, 4) is 0 Å². The third-order valence-corrected chi connectivity index (χ3v) is 2.90. The lowest BCUT2D eigenvalue weighted by Gasteiger charge is -2.16. The van der Waals surface area contributed by atoms with E-state index < -0.39 is 5.60 Å². The van der Waals surface area contributed by atoms with Crippen molar-refractivity contribution in [2.24, 2.45) is 0 Å². The second-order valence-electron chi connectivity index (χ2n) is 5.61. The first-order valence-corrected chi connectivity index (χ1v) is 7.27. The molecule has 0 unspecified atom stereocenters. The third kappa shape index (κ3) is 15.0. The van der Waals surface area contributed by atoms with Crippen molar-refractivity contribution in [1.82, 2.24) is 0 Å². The molecule has 0 heterocycles. The Morgan fingerprint density at radius 1 is 1.11 bits per heavy atom. The summed E-state index contributed by atoms with van der Waals surface area (Å²) in [5.74, 6) is -0.164. The molecule has 4 nitrogen and oxygen atoms in total. The van der Waals surface area contributed by atoms with Gasteiger partial charge in [-0.1, -0.05) is 19.3 Å². The van der Waals surface area contributed by atoms with Crippen molar-refractivity contribution in [2.45, 2.75) is 77.2 Å². The summed E-state index contributed by atoms with van der Waals surface area (Å²) in [6.45, 7) is 4.12. The van der Waals surface area contributed by atoms with Gasteiger partial charge in [0.25, 0.3) is 0 Å². The number of aliphatic hydroxyl groups is 1. The maximum atomic E-state index is 11.3. The number of unbranched alkanes of at least 4 members (excludes halogenated alkanes) is 5. The topological polar surface area (TPSA) is 63.6 Å². The van der Waals surface area contributed by atoms with Crippen LogP contribution in [0.3, 0.4) is 0 Å². The van der Waals surface area contributed by atoms with E-state index in [1.54, 1.807) is 0 Å². The minimum atomic E-state index is -0.575. The van der Waals surface area contributed by atoms with E-state index in [1.165, 1.54) is 0 Å². The van der Waals surface area contributed by atoms with Crippen LogP contribution < -0.4 is 0 Å². The van der Waals surface area contributed by atoms with Gasteiger partial charge in [0.05, 0.1) is 12.2 Å². The molecule has 0 saturated carbocycles. The van der Waals surface area contributed by atoms with E-state index >= 15 is 0 Å². The Labute approximate surface area is 116 Å². The van der Waals surface area contributed by atoms with E-state index in [-0.39, 0.29) is 5.97 Å². The Bertz CT molecular complexity index is 243. The highest BCUT2D eigenvalue weighted by Gasteiger charge is 2.10. The van der Waals surface area contributed by atoms with Crippen LogP contribution in [0.1, 0.15) is 71.6 Å². The van der Waals surface area contributed by atoms with Crippen LogP contribution in [0, 0.1) is 0 Å². The number of carbonyl (C=O) groups excluding carboxylic acids is 2. The highest BCUT2D eigenvalue weighted by Crippen LogP contribution is 2.13. The first-order chi connectivity index (χ1) is 8.95. The van der Waals surface area contributed by atoms with E-state index in [9.17, 15) is 14.7 Å². The predicted molar refractivity (Wildman–Crippen MR) is 74.9 cm³/mol. The molecule has 0 atom stereocenters. The van der Waals surface area contributed by atoms with E-state index in [4.69, 9.17) is 4.74 Å². The normalized spacial score (nSPS) is 11.3. The number of rotatable bonds is 12. The molecule has 112 valence electrons. The number of hydrogen-bond acceptors (Lipinski definition) is 4. The van der Waals surface area contributed by atoms with Gasteiger partial charge in [-0.05, 0) is 39.5 Å². The first-order valence-electron chi connectivity index (χ1n) is 7.27. The monoisotopic (exact) mass is 272 g/mol. The van der Waals surface area contributed by atoms with Crippen LogP contribution in [-0.2, 0) is 14.3 Å². The molecule has 0 aromatic rings. The smallest absolute Gasteiger partial charge is 0.305 e. The predicted octanol–water partition coefficient (Wildman–Crippen LogP) is 3.01. The molecule has 0 amide bonds. The number of esters is 1. The highest BCUT2D eigenvalue weighted by atomic mass is 16.5. The molecule has 0 spiro atoms. The van der Waals surface area contributed by atoms with Crippen molar-refractivity contribution >= 4 is 12.3 Å². The van der Waals surface area contributed by atoms with Crippen molar-refractivity contribution in [3.63, 3.8) is 0 Å². The van der Waals surface area contributed by atoms with E-state index in [2.05, 4.69) is 0 Å². The first kappa shape index (κ1) is 18.1. The van der Waals surface area contributed by atoms with Gasteiger partial charge < -0.3 is 14.6 Å². The number of carbonyl (C=O) groups is 2. The second-order valence-corrected chi connectivity index (χ2v) is 5.61. The third-order valence-electron chi connectivity index (χ3n) is 2.90. The van der Waals surface area contributed by atoms with E-state index in [0.717, 1.165) is 51.2 Å². The summed E-state index contributed by atoms with van der Waals surface area (Å²) >= 11 is 0. The average Bonchev–Trinajstić information content (AvgIpc) is 2.32. The lowest BCUT2D eigenvalue weighted by molar-refractivity contribution is -0.144. The molecule has 0 aliphatic carbocycles. The molecular formula is C15H28O4. The van der Waals surface area contributed by atoms with Crippen LogP contribution >= 0.6 is 0 Å². The molecule has 0 rings (SSSR count). The van der Waals surface area contributed by atoms with Gasteiger partial charge in [0.15, 0.2) is 0 Å². The molecule has 0 bridgehead atoms. The summed E-state index contributed by atoms with van der Waals surface area (Å²) in [6.07, 6.45) is 8.06. The standard InChI is InChI=1S/C15H28O4/c1-15(2,18)11-7-3-4-9-13-19-14(17)10-6-5-8-12-16/h12,18H,3-11,13H2,1-2H3. The summed E-state index contributed by atoms with van der Waals surface area (Å²) in [6, 6.07) is 0. The van der Waals surface area contributed by atoms with Crippen LogP contribution in [0.4, 0.5) is 0 Å². The fourth-order valence-corrected chi connectivity index (χ4v) is 1.77. The summed E-state index contributed by atoms with van der Waals surface area (Å²) in [5.41, 5.74) is -0.575. The minimum Gasteiger partial charge on any atom is -0.466 e. The molecular weight excluding hydrogens is 244 g/mol. The highest BCUT2D eigenvalue weighted by molar-refractivity contribution is 5.69. The summed E-state index contributed by atoms with van der Waals surface area (Å²) in [5, 5.41) is 9.52. The Hall–Kier alpha value is -0.900. The fourth-order valence-electron chi connectivity index (χ4n) is 1.77. The van der Waals surface area contributed by atoms with E-state index in [0.29, 0.717) is 19.4 Å². The molecule has 0 radical (unpaired) electrons. The van der Waals surface area contributed by atoms with Gasteiger partial charge in [0.1, 0.15) is 6.29 Å². The Morgan fingerprint density at radius 2 is 1.79 bits per heavy atom. The summed E-state index contributed by atoms with van der Waals surface area (Å²) in [7, 11) is 0. The lowest BCUT2D eigenvalue weighted by Crippen LogP contribution is -2.17. The van der Waals surface area contributed by atoms with Crippen LogP contribution in [0.25, 0.3) is 0 Å². The van der Waals surface area contributed by atoms with Crippen LogP contribution in [0.15, 0.2) is 0 Å². The summed E-state index contributed by atoms with van der Waals surface area (Å²) in [4.78, 5) is 21.4. The minimum absolute atomic E-state index is 0.164. The molecule has 1 N–H and O–H groups in total. The molecule has 0 aliphatic rings. The molecule has 0 saturated heterocycles. The van der Waals surface area contributed by atoms with Crippen LogP contribution in [0.5, 0.6) is 0 Å². The maximum Gasteiger partial charge on any atom is 0.305 e. The lowest BCUT2D eigenvalue weighted by atomic mass is 10.0. The Kier molecular flexibility index (Phi) is 10.5. The van der Waals surface area contributed by atoms with Crippen LogP contribution in [0.2, 0.25) is 0 Å². The van der Waals surface area contributed by atoms with Crippen molar-refractivity contribution in [3.05, 3.63) is 0 Å². The Balaban J connectivity index is 3.25. The van der Waals surface area contributed by atoms with Gasteiger partial charge >= 0.3 is 5.97 Å².